The van der Waals surface area contributed by atoms with Crippen LogP contribution in [0.5, 0.6) is 0 Å². The molecule has 0 saturated heterocycles. The minimum absolute atomic E-state index is 0.310. The number of nitrogens with zero attached hydrogens (tertiary/aromatic N) is 1. The molecule has 1 aromatic rings. The Bertz CT molecular complexity index is 409. The largest absolute Gasteiger partial charge is 0.351 e. The Labute approximate surface area is 127 Å². The number of carbonyl (C=O) groups excluding carboxylic acids is 1. The average molecular weight is 329 g/mol. The zero-order chi connectivity index (χ0) is 14.5. The quantitative estimate of drug-likeness (QED) is 0.437. The number of Topliss-reactive ketones (excluding diaryl/α,β-unsaturated/α-hetero) is 1. The summed E-state index contributed by atoms with van der Waals surface area (Å²) in [4.78, 5) is 11.9. The summed E-state index contributed by atoms with van der Waals surface area (Å²) in [6.45, 7) is 5.12. The van der Waals surface area contributed by atoms with Crippen molar-refractivity contribution < 1.29 is 14.3 Å². The lowest BCUT2D eigenvalue weighted by Crippen LogP contribution is -2.28. The van der Waals surface area contributed by atoms with E-state index in [0.717, 1.165) is 0 Å². The Morgan fingerprint density at radius 3 is 2.37 bits per heavy atom. The van der Waals surface area contributed by atoms with Crippen LogP contribution in [-0.2, 0) is 16.0 Å². The Balaban J connectivity index is 2.85. The molecule has 7 heteroatoms. The molecule has 0 radical (unpaired) electrons. The van der Waals surface area contributed by atoms with Crippen LogP contribution in [0, 0.1) is 0 Å². The summed E-state index contributed by atoms with van der Waals surface area (Å²) in [5.41, 5.74) is 0.310. The van der Waals surface area contributed by atoms with Crippen LogP contribution >= 0.6 is 34.8 Å². The van der Waals surface area contributed by atoms with Gasteiger partial charge in [-0.3, -0.25) is 4.79 Å². The van der Waals surface area contributed by atoms with E-state index in [1.165, 1.54) is 0 Å². The van der Waals surface area contributed by atoms with Crippen molar-refractivity contribution in [3.8, 4) is 0 Å². The number of hydrogen-bond donors (Lipinski definition) is 0. The SMILES string of the molecule is CCOC(Cn1cccc1C(=O)C(Cl)(Cl)Cl)OCC. The average Bonchev–Trinajstić information content (AvgIpc) is 2.75. The van der Waals surface area contributed by atoms with Crippen molar-refractivity contribution in [2.75, 3.05) is 13.2 Å². The number of alkyl halides is 3. The number of halogens is 3. The first kappa shape index (κ1) is 16.8. The van der Waals surface area contributed by atoms with Gasteiger partial charge in [0, 0.05) is 19.4 Å². The summed E-state index contributed by atoms with van der Waals surface area (Å²) >= 11 is 16.8. The van der Waals surface area contributed by atoms with Crippen LogP contribution in [0.1, 0.15) is 24.3 Å². The fourth-order valence-electron chi connectivity index (χ4n) is 1.61. The molecule has 0 fully saturated rings. The monoisotopic (exact) mass is 327 g/mol. The molecular weight excluding hydrogens is 312 g/mol. The molecule has 0 amide bonds. The fraction of sp³-hybridized carbons (Fsp3) is 0.583. The second kappa shape index (κ2) is 7.50. The van der Waals surface area contributed by atoms with Gasteiger partial charge in [0.2, 0.25) is 5.78 Å². The van der Waals surface area contributed by atoms with E-state index in [4.69, 9.17) is 44.3 Å². The van der Waals surface area contributed by atoms with Crippen LogP contribution in [-0.4, -0.2) is 33.6 Å². The first-order chi connectivity index (χ1) is 8.90. The van der Waals surface area contributed by atoms with E-state index in [0.29, 0.717) is 25.5 Å². The van der Waals surface area contributed by atoms with Gasteiger partial charge in [-0.1, -0.05) is 34.8 Å². The predicted molar refractivity (Wildman–Crippen MR) is 76.1 cm³/mol. The molecule has 0 unspecified atom stereocenters. The van der Waals surface area contributed by atoms with Gasteiger partial charge in [0.05, 0.1) is 12.2 Å². The summed E-state index contributed by atoms with van der Waals surface area (Å²) in [6.07, 6.45) is 1.28. The van der Waals surface area contributed by atoms with Crippen LogP contribution in [0.2, 0.25) is 0 Å². The lowest BCUT2D eigenvalue weighted by Gasteiger charge is -2.19. The van der Waals surface area contributed by atoms with Gasteiger partial charge < -0.3 is 14.0 Å². The minimum atomic E-state index is -1.97. The summed E-state index contributed by atoms with van der Waals surface area (Å²) in [7, 11) is 0. The predicted octanol–water partition coefficient (Wildman–Crippen LogP) is 3.44. The molecule has 0 spiro atoms. The third kappa shape index (κ3) is 4.97. The maximum Gasteiger partial charge on any atom is 0.255 e. The van der Waals surface area contributed by atoms with Crippen molar-refractivity contribution >= 4 is 40.6 Å². The summed E-state index contributed by atoms with van der Waals surface area (Å²) in [6, 6.07) is 3.30. The molecule has 1 aromatic heterocycles. The number of ether oxygens (including phenoxy) is 2. The summed E-state index contributed by atoms with van der Waals surface area (Å²) < 4.78 is 10.5. The molecule has 0 bridgehead atoms. The van der Waals surface area contributed by atoms with Gasteiger partial charge in [0.25, 0.3) is 3.79 Å². The van der Waals surface area contributed by atoms with Crippen LogP contribution in [0.15, 0.2) is 18.3 Å². The second-order valence-electron chi connectivity index (χ2n) is 3.71. The highest BCUT2D eigenvalue weighted by Gasteiger charge is 2.33. The fourth-order valence-corrected chi connectivity index (χ4v) is 1.90. The van der Waals surface area contributed by atoms with E-state index in [1.807, 2.05) is 13.8 Å². The van der Waals surface area contributed by atoms with Gasteiger partial charge in [0.15, 0.2) is 6.29 Å². The zero-order valence-corrected chi connectivity index (χ0v) is 13.0. The normalized spacial score (nSPS) is 12.1. The van der Waals surface area contributed by atoms with Crippen molar-refractivity contribution in [3.63, 3.8) is 0 Å². The molecule has 1 heterocycles. The second-order valence-corrected chi connectivity index (χ2v) is 5.99. The van der Waals surface area contributed by atoms with Crippen molar-refractivity contribution in [2.45, 2.75) is 30.5 Å². The first-order valence-corrected chi connectivity index (χ1v) is 7.03. The Morgan fingerprint density at radius 1 is 1.32 bits per heavy atom. The maximum absolute atomic E-state index is 11.9. The number of rotatable bonds is 7. The van der Waals surface area contributed by atoms with E-state index in [1.54, 1.807) is 22.9 Å². The highest BCUT2D eigenvalue weighted by molar-refractivity contribution is 6.77. The standard InChI is InChI=1S/C12H16Cl3NO3/c1-3-18-10(19-4-2)8-16-7-5-6-9(16)11(17)12(13,14)15/h5-7,10H,3-4,8H2,1-2H3. The molecule has 0 aliphatic carbocycles. The van der Waals surface area contributed by atoms with Crippen LogP contribution in [0.4, 0.5) is 0 Å². The molecule has 4 nitrogen and oxygen atoms in total. The maximum atomic E-state index is 11.9. The van der Waals surface area contributed by atoms with Gasteiger partial charge in [-0.15, -0.1) is 0 Å². The number of hydrogen-bond acceptors (Lipinski definition) is 3. The highest BCUT2D eigenvalue weighted by atomic mass is 35.6. The van der Waals surface area contributed by atoms with Gasteiger partial charge in [0.1, 0.15) is 0 Å². The lowest BCUT2D eigenvalue weighted by molar-refractivity contribution is -0.143. The van der Waals surface area contributed by atoms with Gasteiger partial charge in [-0.25, -0.2) is 0 Å². The molecule has 0 aromatic carbocycles. The van der Waals surface area contributed by atoms with E-state index in [2.05, 4.69) is 0 Å². The van der Waals surface area contributed by atoms with Crippen LogP contribution < -0.4 is 0 Å². The minimum Gasteiger partial charge on any atom is -0.351 e. The molecule has 0 saturated carbocycles. The van der Waals surface area contributed by atoms with E-state index in [-0.39, 0.29) is 0 Å². The zero-order valence-electron chi connectivity index (χ0n) is 10.7. The highest BCUT2D eigenvalue weighted by Crippen LogP contribution is 2.30. The molecule has 0 aliphatic heterocycles. The van der Waals surface area contributed by atoms with E-state index >= 15 is 0 Å². The van der Waals surface area contributed by atoms with Crippen molar-refractivity contribution in [2.24, 2.45) is 0 Å². The number of carbonyl (C=O) groups is 1. The molecule has 0 N–H and O–H groups in total. The van der Waals surface area contributed by atoms with E-state index < -0.39 is 15.9 Å². The topological polar surface area (TPSA) is 40.5 Å². The van der Waals surface area contributed by atoms with Gasteiger partial charge in [-0.05, 0) is 26.0 Å². The number of ketones is 1. The molecule has 108 valence electrons. The molecule has 1 rings (SSSR count). The summed E-state index contributed by atoms with van der Waals surface area (Å²) in [5, 5.41) is 0. The lowest BCUT2D eigenvalue weighted by atomic mass is 10.3. The first-order valence-electron chi connectivity index (χ1n) is 5.90. The Kier molecular flexibility index (Phi) is 6.63. The molecule has 19 heavy (non-hydrogen) atoms. The van der Waals surface area contributed by atoms with Crippen molar-refractivity contribution in [1.82, 2.24) is 4.57 Å². The van der Waals surface area contributed by atoms with E-state index in [9.17, 15) is 4.79 Å². The van der Waals surface area contributed by atoms with Crippen molar-refractivity contribution in [1.29, 1.82) is 0 Å². The Hall–Kier alpha value is -0.260. The van der Waals surface area contributed by atoms with Crippen molar-refractivity contribution in [3.05, 3.63) is 24.0 Å². The number of aromatic nitrogens is 1. The third-order valence-corrected chi connectivity index (χ3v) is 2.89. The third-order valence-electron chi connectivity index (χ3n) is 2.37. The molecular formula is C12H16Cl3NO3. The van der Waals surface area contributed by atoms with Crippen LogP contribution in [0.25, 0.3) is 0 Å². The Morgan fingerprint density at radius 2 is 1.89 bits per heavy atom. The van der Waals surface area contributed by atoms with Gasteiger partial charge >= 0.3 is 0 Å². The smallest absolute Gasteiger partial charge is 0.255 e. The molecule has 0 aliphatic rings. The molecule has 0 atom stereocenters. The summed E-state index contributed by atoms with van der Waals surface area (Å²) in [5.74, 6) is -0.575. The van der Waals surface area contributed by atoms with Gasteiger partial charge in [-0.2, -0.15) is 0 Å². The van der Waals surface area contributed by atoms with Crippen LogP contribution in [0.3, 0.4) is 0 Å².